The summed E-state index contributed by atoms with van der Waals surface area (Å²) in [7, 11) is 0. The number of nitrogens with zero attached hydrogens (tertiary/aromatic N) is 3. The van der Waals surface area contributed by atoms with Crippen molar-refractivity contribution >= 4 is 5.95 Å². The molecule has 17 heavy (non-hydrogen) atoms. The largest absolute Gasteiger partial charge is 0.388 e. The van der Waals surface area contributed by atoms with Crippen molar-refractivity contribution < 1.29 is 5.11 Å². The number of aromatic nitrogens is 3. The lowest BCUT2D eigenvalue weighted by Gasteiger charge is -2.24. The van der Waals surface area contributed by atoms with Crippen LogP contribution >= 0.6 is 0 Å². The Balaban J connectivity index is 2.02. The van der Waals surface area contributed by atoms with Gasteiger partial charge in [0.2, 0.25) is 5.95 Å². The van der Waals surface area contributed by atoms with Crippen molar-refractivity contribution in [2.75, 3.05) is 11.9 Å². The van der Waals surface area contributed by atoms with E-state index in [2.05, 4.69) is 27.5 Å². The van der Waals surface area contributed by atoms with Crippen molar-refractivity contribution in [2.24, 2.45) is 0 Å². The number of nitrogens with one attached hydrogen (secondary N) is 1. The third-order valence-electron chi connectivity index (χ3n) is 3.00. The molecule has 0 amide bonds. The van der Waals surface area contributed by atoms with Gasteiger partial charge in [-0.05, 0) is 12.0 Å². The summed E-state index contributed by atoms with van der Waals surface area (Å²) in [6, 6.07) is 10.5. The second-order valence-corrected chi connectivity index (χ2v) is 4.10. The molecule has 1 aromatic carbocycles. The topological polar surface area (TPSA) is 63.0 Å². The van der Waals surface area contributed by atoms with Gasteiger partial charge in [0.15, 0.2) is 5.82 Å². The number of anilines is 1. The average molecular weight is 230 g/mol. The van der Waals surface area contributed by atoms with Crippen molar-refractivity contribution in [3.63, 3.8) is 0 Å². The van der Waals surface area contributed by atoms with Gasteiger partial charge in [0, 0.05) is 6.54 Å². The molecule has 3 rings (SSSR count). The number of aliphatic hydroxyl groups is 1. The zero-order chi connectivity index (χ0) is 11.7. The number of aliphatic hydroxyl groups excluding tert-OH is 1. The van der Waals surface area contributed by atoms with E-state index in [1.807, 2.05) is 22.9 Å². The highest BCUT2D eigenvalue weighted by atomic mass is 16.3. The van der Waals surface area contributed by atoms with Crippen molar-refractivity contribution in [1.29, 1.82) is 0 Å². The van der Waals surface area contributed by atoms with E-state index < -0.39 is 0 Å². The Morgan fingerprint density at radius 1 is 1.35 bits per heavy atom. The monoisotopic (exact) mass is 230 g/mol. The first-order chi connectivity index (χ1) is 8.38. The number of benzene rings is 1. The van der Waals surface area contributed by atoms with Crippen LogP contribution in [0.3, 0.4) is 0 Å². The molecule has 88 valence electrons. The predicted molar refractivity (Wildman–Crippen MR) is 63.6 cm³/mol. The highest BCUT2D eigenvalue weighted by molar-refractivity contribution is 5.32. The lowest BCUT2D eigenvalue weighted by Crippen LogP contribution is -2.24. The van der Waals surface area contributed by atoms with Crippen LogP contribution in [0.1, 0.15) is 23.9 Å². The zero-order valence-electron chi connectivity index (χ0n) is 9.37. The van der Waals surface area contributed by atoms with E-state index in [1.54, 1.807) is 0 Å². The van der Waals surface area contributed by atoms with Gasteiger partial charge in [0.1, 0.15) is 6.61 Å². The first-order valence-corrected chi connectivity index (χ1v) is 5.73. The SMILES string of the molecule is OCc1nc2n(n1)C(c1ccccc1)CCN2. The lowest BCUT2D eigenvalue weighted by atomic mass is 10.0. The molecule has 2 heterocycles. The molecule has 5 nitrogen and oxygen atoms in total. The van der Waals surface area contributed by atoms with Crippen molar-refractivity contribution in [1.82, 2.24) is 14.8 Å². The number of rotatable bonds is 2. The molecule has 0 saturated carbocycles. The molecule has 1 aliphatic heterocycles. The van der Waals surface area contributed by atoms with E-state index in [0.29, 0.717) is 5.82 Å². The summed E-state index contributed by atoms with van der Waals surface area (Å²) >= 11 is 0. The summed E-state index contributed by atoms with van der Waals surface area (Å²) in [4.78, 5) is 4.24. The second-order valence-electron chi connectivity index (χ2n) is 4.10. The van der Waals surface area contributed by atoms with E-state index in [-0.39, 0.29) is 12.6 Å². The normalized spacial score (nSPS) is 18.5. The van der Waals surface area contributed by atoms with Crippen molar-refractivity contribution in [2.45, 2.75) is 19.1 Å². The molecule has 0 radical (unpaired) electrons. The molecule has 0 saturated heterocycles. The standard InChI is InChI=1S/C12H14N4O/c17-8-11-14-12-13-7-6-10(16(12)15-11)9-4-2-1-3-5-9/h1-5,10,17H,6-8H2,(H,13,14,15). The van der Waals surface area contributed by atoms with Gasteiger partial charge in [-0.1, -0.05) is 30.3 Å². The minimum Gasteiger partial charge on any atom is -0.388 e. The molecule has 0 fully saturated rings. The average Bonchev–Trinajstić information content (AvgIpc) is 2.82. The van der Waals surface area contributed by atoms with Gasteiger partial charge in [-0.3, -0.25) is 0 Å². The van der Waals surface area contributed by atoms with E-state index in [1.165, 1.54) is 5.56 Å². The third-order valence-corrected chi connectivity index (χ3v) is 3.00. The first kappa shape index (κ1) is 10.3. The zero-order valence-corrected chi connectivity index (χ0v) is 9.37. The van der Waals surface area contributed by atoms with E-state index in [0.717, 1.165) is 18.9 Å². The maximum atomic E-state index is 9.08. The maximum absolute atomic E-state index is 9.08. The van der Waals surface area contributed by atoms with Gasteiger partial charge in [-0.25, -0.2) is 4.68 Å². The summed E-state index contributed by atoms with van der Waals surface area (Å²) in [6.07, 6.45) is 0.977. The van der Waals surface area contributed by atoms with Gasteiger partial charge in [0.05, 0.1) is 6.04 Å². The van der Waals surface area contributed by atoms with Crippen LogP contribution in [0.5, 0.6) is 0 Å². The summed E-state index contributed by atoms with van der Waals surface area (Å²) in [6.45, 7) is 0.756. The Bertz CT molecular complexity index is 508. The molecular weight excluding hydrogens is 216 g/mol. The second kappa shape index (κ2) is 4.18. The summed E-state index contributed by atoms with van der Waals surface area (Å²) in [5.41, 5.74) is 1.23. The third kappa shape index (κ3) is 1.78. The summed E-state index contributed by atoms with van der Waals surface area (Å²) in [5.74, 6) is 1.21. The fraction of sp³-hybridized carbons (Fsp3) is 0.333. The first-order valence-electron chi connectivity index (χ1n) is 5.73. The molecule has 2 N–H and O–H groups in total. The highest BCUT2D eigenvalue weighted by Gasteiger charge is 2.23. The molecule has 0 bridgehead atoms. The predicted octanol–water partition coefficient (Wildman–Crippen LogP) is 1.18. The molecule has 1 unspecified atom stereocenters. The molecule has 0 spiro atoms. The minimum atomic E-state index is -0.122. The Morgan fingerprint density at radius 2 is 2.18 bits per heavy atom. The van der Waals surface area contributed by atoms with Gasteiger partial charge < -0.3 is 10.4 Å². The Labute approximate surface area is 99.1 Å². The fourth-order valence-electron chi connectivity index (χ4n) is 2.20. The van der Waals surface area contributed by atoms with Gasteiger partial charge >= 0.3 is 0 Å². The van der Waals surface area contributed by atoms with Crippen molar-refractivity contribution in [3.05, 3.63) is 41.7 Å². The van der Waals surface area contributed by atoms with Gasteiger partial charge in [-0.15, -0.1) is 0 Å². The van der Waals surface area contributed by atoms with Gasteiger partial charge in [-0.2, -0.15) is 10.1 Å². The molecule has 1 atom stereocenters. The Hall–Kier alpha value is -1.88. The van der Waals surface area contributed by atoms with Crippen LogP contribution in [0.15, 0.2) is 30.3 Å². The van der Waals surface area contributed by atoms with E-state index >= 15 is 0 Å². The molecular formula is C12H14N4O. The highest BCUT2D eigenvalue weighted by Crippen LogP contribution is 2.27. The summed E-state index contributed by atoms with van der Waals surface area (Å²) in [5, 5.41) is 16.6. The van der Waals surface area contributed by atoms with E-state index in [4.69, 9.17) is 5.11 Å². The van der Waals surface area contributed by atoms with Crippen LogP contribution < -0.4 is 5.32 Å². The number of hydrogen-bond donors (Lipinski definition) is 2. The van der Waals surface area contributed by atoms with Crippen LogP contribution in [-0.2, 0) is 6.61 Å². The molecule has 1 aliphatic rings. The summed E-state index contributed by atoms with van der Waals surface area (Å²) < 4.78 is 1.87. The maximum Gasteiger partial charge on any atom is 0.222 e. The molecule has 0 aliphatic carbocycles. The molecule has 1 aromatic heterocycles. The van der Waals surface area contributed by atoms with Crippen LogP contribution in [0, 0.1) is 0 Å². The molecule has 5 heteroatoms. The lowest BCUT2D eigenvalue weighted by molar-refractivity contribution is 0.270. The van der Waals surface area contributed by atoms with Crippen LogP contribution in [0.2, 0.25) is 0 Å². The van der Waals surface area contributed by atoms with Gasteiger partial charge in [0.25, 0.3) is 0 Å². The quantitative estimate of drug-likeness (QED) is 0.813. The van der Waals surface area contributed by atoms with Crippen LogP contribution in [-0.4, -0.2) is 26.4 Å². The van der Waals surface area contributed by atoms with Crippen LogP contribution in [0.25, 0.3) is 0 Å². The van der Waals surface area contributed by atoms with Crippen molar-refractivity contribution in [3.8, 4) is 0 Å². The number of fused-ring (bicyclic) bond motifs is 1. The van der Waals surface area contributed by atoms with Crippen LogP contribution in [0.4, 0.5) is 5.95 Å². The molecule has 2 aromatic rings. The van der Waals surface area contributed by atoms with E-state index in [9.17, 15) is 0 Å². The fourth-order valence-corrected chi connectivity index (χ4v) is 2.20. The minimum absolute atomic E-state index is 0.122. The number of hydrogen-bond acceptors (Lipinski definition) is 4. The Morgan fingerprint density at radius 3 is 2.94 bits per heavy atom. The Kier molecular flexibility index (Phi) is 2.53. The smallest absolute Gasteiger partial charge is 0.222 e.